The van der Waals surface area contributed by atoms with Gasteiger partial charge >= 0.3 is 5.76 Å². The van der Waals surface area contributed by atoms with E-state index in [4.69, 9.17) is 4.42 Å². The predicted octanol–water partition coefficient (Wildman–Crippen LogP) is 5.27. The molecule has 0 aliphatic rings. The minimum atomic E-state index is -1.20. The summed E-state index contributed by atoms with van der Waals surface area (Å²) in [4.78, 5) is 31.1. The summed E-state index contributed by atoms with van der Waals surface area (Å²) in [6.07, 6.45) is 3.24. The van der Waals surface area contributed by atoms with E-state index in [2.05, 4.69) is 25.0 Å². The van der Waals surface area contributed by atoms with Crippen molar-refractivity contribution in [2.45, 2.75) is 26.8 Å². The van der Waals surface area contributed by atoms with E-state index in [0.717, 1.165) is 11.6 Å². The van der Waals surface area contributed by atoms with Crippen molar-refractivity contribution in [2.75, 3.05) is 5.32 Å². The lowest BCUT2D eigenvalue weighted by Crippen LogP contribution is -2.13. The molecular weight excluding hydrogens is 470 g/mol. The van der Waals surface area contributed by atoms with Crippen LogP contribution in [0.4, 0.5) is 14.5 Å². The van der Waals surface area contributed by atoms with Gasteiger partial charge in [-0.25, -0.2) is 13.6 Å². The van der Waals surface area contributed by atoms with Crippen LogP contribution in [0.25, 0.3) is 33.7 Å². The van der Waals surface area contributed by atoms with Gasteiger partial charge in [0.15, 0.2) is 22.9 Å². The van der Waals surface area contributed by atoms with Crippen LogP contribution in [0.15, 0.2) is 67.3 Å². The van der Waals surface area contributed by atoms with Crippen LogP contribution in [0.3, 0.4) is 0 Å². The maximum Gasteiger partial charge on any atom is 0.439 e. The number of nitrogens with one attached hydrogen (secondary N) is 2. The highest BCUT2D eigenvalue weighted by Gasteiger charge is 2.23. The smallest absolute Gasteiger partial charge is 0.439 e. The molecule has 1 unspecified atom stereocenters. The van der Waals surface area contributed by atoms with Crippen molar-refractivity contribution in [1.82, 2.24) is 15.1 Å². The molecule has 1 atom stereocenters. The van der Waals surface area contributed by atoms with E-state index < -0.39 is 23.4 Å². The van der Waals surface area contributed by atoms with Crippen molar-refractivity contribution in [3.63, 3.8) is 0 Å². The number of aromatic nitrogens is 3. The van der Waals surface area contributed by atoms with Crippen LogP contribution in [0, 0.1) is 25.5 Å². The summed E-state index contributed by atoms with van der Waals surface area (Å²) in [7, 11) is 0. The highest BCUT2D eigenvalue weighted by Crippen LogP contribution is 2.35. The summed E-state index contributed by atoms with van der Waals surface area (Å²) < 4.78 is 39.6. The zero-order valence-electron chi connectivity index (χ0n) is 19.5. The van der Waals surface area contributed by atoms with Crippen LogP contribution < -0.4 is 16.5 Å². The van der Waals surface area contributed by atoms with E-state index in [1.54, 1.807) is 44.4 Å². The van der Waals surface area contributed by atoms with E-state index in [9.17, 15) is 18.4 Å². The third kappa shape index (κ3) is 3.96. The third-order valence-corrected chi connectivity index (χ3v) is 5.93. The van der Waals surface area contributed by atoms with Crippen molar-refractivity contribution in [3.8, 4) is 22.7 Å². The zero-order valence-corrected chi connectivity index (χ0v) is 19.5. The molecule has 8 nitrogen and oxygen atoms in total. The van der Waals surface area contributed by atoms with Crippen LogP contribution in [-0.4, -0.2) is 15.1 Å². The fourth-order valence-electron chi connectivity index (χ4n) is 4.21. The molecule has 0 saturated heterocycles. The molecule has 3 heterocycles. The number of hydrogen-bond donors (Lipinski definition) is 2. The van der Waals surface area contributed by atoms with Gasteiger partial charge in [-0.15, -0.1) is 0 Å². The average Bonchev–Trinajstić information content (AvgIpc) is 3.29. The number of halogens is 2. The van der Waals surface area contributed by atoms with Gasteiger partial charge in [0.2, 0.25) is 0 Å². The Morgan fingerprint density at radius 3 is 2.61 bits per heavy atom. The Labute approximate surface area is 202 Å². The number of pyridine rings is 1. The van der Waals surface area contributed by atoms with Gasteiger partial charge in [-0.1, -0.05) is 11.2 Å². The largest absolute Gasteiger partial charge is 0.455 e. The molecule has 0 amide bonds. The molecule has 0 saturated carbocycles. The summed E-state index contributed by atoms with van der Waals surface area (Å²) in [5.41, 5.74) is 2.58. The van der Waals surface area contributed by atoms with Crippen molar-refractivity contribution < 1.29 is 17.7 Å². The van der Waals surface area contributed by atoms with Gasteiger partial charge in [-0.05, 0) is 56.7 Å². The number of anilines is 1. The molecule has 0 bridgehead atoms. The van der Waals surface area contributed by atoms with Crippen LogP contribution in [0.1, 0.15) is 29.7 Å². The average molecular weight is 490 g/mol. The highest BCUT2D eigenvalue weighted by atomic mass is 19.2. The van der Waals surface area contributed by atoms with Crippen LogP contribution in [-0.2, 0) is 0 Å². The van der Waals surface area contributed by atoms with Crippen molar-refractivity contribution >= 4 is 16.7 Å². The van der Waals surface area contributed by atoms with E-state index in [1.807, 2.05) is 13.0 Å². The van der Waals surface area contributed by atoms with Gasteiger partial charge in [0.05, 0.1) is 17.0 Å². The maximum absolute atomic E-state index is 14.8. The quantitative estimate of drug-likeness (QED) is 0.345. The number of fused-ring (bicyclic) bond motifs is 1. The van der Waals surface area contributed by atoms with Crippen molar-refractivity contribution in [2.24, 2.45) is 0 Å². The van der Waals surface area contributed by atoms with Gasteiger partial charge < -0.3 is 9.73 Å². The SMILES string of the molecule is Cc1cc(C(C)Nc2ccc(F)c(F)c2-c2noc(=O)[nH]2)c2oc(-c3cccnc3)c(C)c(=O)c2c1. The monoisotopic (exact) mass is 490 g/mol. The predicted molar refractivity (Wildman–Crippen MR) is 130 cm³/mol. The first-order chi connectivity index (χ1) is 17.2. The van der Waals surface area contributed by atoms with E-state index in [1.165, 1.54) is 6.07 Å². The lowest BCUT2D eigenvalue weighted by molar-refractivity contribution is 0.387. The van der Waals surface area contributed by atoms with Gasteiger partial charge in [0.1, 0.15) is 11.3 Å². The number of aryl methyl sites for hydroxylation is 1. The third-order valence-electron chi connectivity index (χ3n) is 5.93. The Balaban J connectivity index is 1.67. The summed E-state index contributed by atoms with van der Waals surface area (Å²) in [5.74, 6) is -3.09. The lowest BCUT2D eigenvalue weighted by atomic mass is 9.98. The Morgan fingerprint density at radius 1 is 1.11 bits per heavy atom. The molecule has 0 aliphatic heterocycles. The van der Waals surface area contributed by atoms with Crippen LogP contribution in [0.2, 0.25) is 0 Å². The fourth-order valence-corrected chi connectivity index (χ4v) is 4.21. The fraction of sp³-hybridized carbons (Fsp3) is 0.154. The van der Waals surface area contributed by atoms with Crippen molar-refractivity contribution in [3.05, 3.63) is 97.9 Å². The molecule has 0 fully saturated rings. The number of hydrogen-bond acceptors (Lipinski definition) is 7. The van der Waals surface area contributed by atoms with E-state index in [0.29, 0.717) is 33.4 Å². The zero-order chi connectivity index (χ0) is 25.6. The first-order valence-electron chi connectivity index (χ1n) is 11.0. The summed E-state index contributed by atoms with van der Waals surface area (Å²) in [6, 6.07) is 8.90. The second-order valence-electron chi connectivity index (χ2n) is 8.45. The number of H-pyrrole nitrogens is 1. The Bertz CT molecular complexity index is 1720. The number of aromatic amines is 1. The minimum Gasteiger partial charge on any atom is -0.455 e. The summed E-state index contributed by atoms with van der Waals surface area (Å²) >= 11 is 0. The molecule has 5 rings (SSSR count). The lowest BCUT2D eigenvalue weighted by Gasteiger charge is -2.20. The summed E-state index contributed by atoms with van der Waals surface area (Å²) in [5, 5.41) is 7.03. The van der Waals surface area contributed by atoms with Gasteiger partial charge in [-0.3, -0.25) is 19.3 Å². The van der Waals surface area contributed by atoms with Gasteiger partial charge in [0.25, 0.3) is 0 Å². The minimum absolute atomic E-state index is 0.155. The normalized spacial score (nSPS) is 12.1. The van der Waals surface area contributed by atoms with Crippen LogP contribution in [0.5, 0.6) is 0 Å². The molecule has 10 heteroatoms. The van der Waals surface area contributed by atoms with Crippen LogP contribution >= 0.6 is 0 Å². The summed E-state index contributed by atoms with van der Waals surface area (Å²) in [6.45, 7) is 5.33. The number of nitrogens with zero attached hydrogens (tertiary/aromatic N) is 2. The first-order valence-corrected chi connectivity index (χ1v) is 11.0. The van der Waals surface area contributed by atoms with Crippen molar-refractivity contribution in [1.29, 1.82) is 0 Å². The maximum atomic E-state index is 14.8. The second-order valence-corrected chi connectivity index (χ2v) is 8.45. The molecule has 0 aliphatic carbocycles. The molecule has 0 spiro atoms. The Morgan fingerprint density at radius 2 is 1.92 bits per heavy atom. The molecule has 3 aromatic heterocycles. The number of benzene rings is 2. The second kappa shape index (κ2) is 8.88. The molecule has 36 heavy (non-hydrogen) atoms. The van der Waals surface area contributed by atoms with Gasteiger partial charge in [-0.2, -0.15) is 0 Å². The Hall–Kier alpha value is -4.60. The molecule has 182 valence electrons. The topological polar surface area (TPSA) is 114 Å². The molecule has 0 radical (unpaired) electrons. The van der Waals surface area contributed by atoms with E-state index >= 15 is 0 Å². The Kier molecular flexibility index (Phi) is 5.71. The first kappa shape index (κ1) is 23.2. The van der Waals surface area contributed by atoms with E-state index in [-0.39, 0.29) is 22.5 Å². The molecular formula is C26H20F2N4O4. The van der Waals surface area contributed by atoms with Gasteiger partial charge in [0, 0.05) is 34.8 Å². The standard InChI is InChI=1S/C26H20F2N4O4/c1-12-9-16(24-17(10-12)22(33)13(2)23(35-24)15-5-4-8-29-11-15)14(3)30-19-7-6-18(27)21(28)20(19)25-31-26(34)36-32-25/h4-11,14,30H,1-3H3,(H,31,32,34). The molecule has 5 aromatic rings. The molecule has 2 aromatic carbocycles. The molecule has 2 N–H and O–H groups in total. The highest BCUT2D eigenvalue weighted by molar-refractivity contribution is 5.85. The number of rotatable bonds is 5.